The number of likely N-dealkylation sites (tertiary alicyclic amines) is 2. The summed E-state index contributed by atoms with van der Waals surface area (Å²) in [6.45, 7) is 9.45. The van der Waals surface area contributed by atoms with Crippen molar-refractivity contribution in [2.45, 2.75) is 56.9 Å². The molecule has 174 valence electrons. The number of hydrogen-bond donors (Lipinski definition) is 2. The van der Waals surface area contributed by atoms with Crippen molar-refractivity contribution in [1.29, 1.82) is 5.26 Å². The van der Waals surface area contributed by atoms with Gasteiger partial charge in [0.2, 0.25) is 5.91 Å². The van der Waals surface area contributed by atoms with Crippen molar-refractivity contribution >= 4 is 30.2 Å². The Balaban J connectivity index is 1.68. The Morgan fingerprint density at radius 3 is 2.53 bits per heavy atom. The van der Waals surface area contributed by atoms with Gasteiger partial charge in [-0.15, -0.1) is 0 Å². The Morgan fingerprint density at radius 2 is 1.97 bits per heavy atom. The molecular formula is C24H34N4O3S. The second-order valence-corrected chi connectivity index (χ2v) is 9.32. The summed E-state index contributed by atoms with van der Waals surface area (Å²) in [4.78, 5) is 29.4. The fourth-order valence-corrected chi connectivity index (χ4v) is 5.26. The number of benzene rings is 1. The Labute approximate surface area is 196 Å². The molecule has 3 rings (SSSR count). The van der Waals surface area contributed by atoms with Crippen LogP contribution in [0.3, 0.4) is 0 Å². The summed E-state index contributed by atoms with van der Waals surface area (Å²) in [5.74, 6) is -1.87. The van der Waals surface area contributed by atoms with Crippen molar-refractivity contribution < 1.29 is 14.3 Å². The average Bonchev–Trinajstić information content (AvgIpc) is 3.32. The van der Waals surface area contributed by atoms with Crippen molar-refractivity contribution in [3.05, 3.63) is 29.8 Å². The molecule has 32 heavy (non-hydrogen) atoms. The topological polar surface area (TPSA) is 85.7 Å². The first-order valence-electron chi connectivity index (χ1n) is 11.5. The molecule has 2 aliphatic heterocycles. The standard InChI is InChI=1S/C24H34N4O3S/c1-4-28-21(20(16-25)22(29)31-5-2)24(32,23(28)30)17(3)26-19-10-8-18(9-11-19)12-15-27-13-6-7-14-27/h8-11,17,20-21,26,32H,4-7,12-15H2,1-3H3. The molecule has 0 aliphatic carbocycles. The van der Waals surface area contributed by atoms with Gasteiger partial charge >= 0.3 is 5.97 Å². The minimum Gasteiger partial charge on any atom is -0.465 e. The molecule has 0 spiro atoms. The van der Waals surface area contributed by atoms with Crippen molar-refractivity contribution in [3.63, 3.8) is 0 Å². The van der Waals surface area contributed by atoms with Gasteiger partial charge in [-0.25, -0.2) is 0 Å². The average molecular weight is 459 g/mol. The SMILES string of the molecule is CCOC(=O)C(C#N)C1N(CC)C(=O)C1(S)C(C)Nc1ccc(CCN2CCCC2)cc1. The number of nitrogens with zero attached hydrogens (tertiary/aromatic N) is 3. The third-order valence-corrected chi connectivity index (χ3v) is 7.48. The van der Waals surface area contributed by atoms with Crippen LogP contribution in [-0.4, -0.2) is 71.3 Å². The van der Waals surface area contributed by atoms with E-state index in [-0.39, 0.29) is 12.5 Å². The normalized spacial score (nSPS) is 25.0. The molecule has 0 saturated carbocycles. The van der Waals surface area contributed by atoms with Crippen LogP contribution in [0.15, 0.2) is 24.3 Å². The maximum atomic E-state index is 13.0. The molecule has 7 nitrogen and oxygen atoms in total. The number of nitriles is 1. The highest BCUT2D eigenvalue weighted by atomic mass is 32.1. The van der Waals surface area contributed by atoms with Crippen molar-refractivity contribution in [2.24, 2.45) is 5.92 Å². The van der Waals surface area contributed by atoms with Gasteiger partial charge in [0, 0.05) is 24.8 Å². The van der Waals surface area contributed by atoms with Gasteiger partial charge in [0.05, 0.1) is 18.7 Å². The zero-order chi connectivity index (χ0) is 23.3. The fraction of sp³-hybridized carbons (Fsp3) is 0.625. The first-order chi connectivity index (χ1) is 15.4. The summed E-state index contributed by atoms with van der Waals surface area (Å²) in [6.07, 6.45) is 3.61. The molecule has 8 heteroatoms. The van der Waals surface area contributed by atoms with E-state index in [9.17, 15) is 14.9 Å². The van der Waals surface area contributed by atoms with Crippen LogP contribution in [0.4, 0.5) is 5.69 Å². The molecule has 4 unspecified atom stereocenters. The van der Waals surface area contributed by atoms with E-state index in [1.54, 1.807) is 6.92 Å². The monoisotopic (exact) mass is 458 g/mol. The quantitative estimate of drug-likeness (QED) is 0.319. The second-order valence-electron chi connectivity index (χ2n) is 8.58. The number of ether oxygens (including phenoxy) is 1. The molecule has 2 fully saturated rings. The van der Waals surface area contributed by atoms with Gasteiger partial charge in [0.1, 0.15) is 4.75 Å². The lowest BCUT2D eigenvalue weighted by molar-refractivity contribution is -0.162. The minimum atomic E-state index is -1.18. The molecule has 1 aromatic rings. The van der Waals surface area contributed by atoms with Gasteiger partial charge in [0.25, 0.3) is 0 Å². The number of carbonyl (C=O) groups is 2. The number of amides is 1. The minimum absolute atomic E-state index is 0.180. The second kappa shape index (κ2) is 10.6. The third kappa shape index (κ3) is 4.74. The van der Waals surface area contributed by atoms with Crippen LogP contribution < -0.4 is 5.32 Å². The van der Waals surface area contributed by atoms with E-state index in [0.717, 1.165) is 18.7 Å². The van der Waals surface area contributed by atoms with Crippen molar-refractivity contribution in [3.8, 4) is 6.07 Å². The van der Waals surface area contributed by atoms with E-state index in [4.69, 9.17) is 17.4 Å². The van der Waals surface area contributed by atoms with Crippen LogP contribution >= 0.6 is 12.6 Å². The first kappa shape index (κ1) is 24.4. The molecule has 2 aliphatic rings. The molecule has 0 aromatic heterocycles. The number of thiol groups is 1. The zero-order valence-corrected chi connectivity index (χ0v) is 20.1. The maximum absolute atomic E-state index is 13.0. The molecular weight excluding hydrogens is 424 g/mol. The highest BCUT2D eigenvalue weighted by Gasteiger charge is 2.65. The van der Waals surface area contributed by atoms with Gasteiger partial charge in [-0.05, 0) is 70.8 Å². The molecule has 0 radical (unpaired) electrons. The molecule has 2 heterocycles. The predicted octanol–water partition coefficient (Wildman–Crippen LogP) is 2.73. The molecule has 0 bridgehead atoms. The van der Waals surface area contributed by atoms with E-state index in [2.05, 4.69) is 22.3 Å². The largest absolute Gasteiger partial charge is 0.465 e. The first-order valence-corrected chi connectivity index (χ1v) is 12.0. The van der Waals surface area contributed by atoms with E-state index < -0.39 is 28.7 Å². The van der Waals surface area contributed by atoms with Crippen molar-refractivity contribution in [2.75, 3.05) is 38.1 Å². The number of rotatable bonds is 10. The van der Waals surface area contributed by atoms with E-state index in [1.165, 1.54) is 36.4 Å². The van der Waals surface area contributed by atoms with E-state index in [0.29, 0.717) is 6.54 Å². The lowest BCUT2D eigenvalue weighted by Gasteiger charge is -2.56. The maximum Gasteiger partial charge on any atom is 0.325 e. The summed E-state index contributed by atoms with van der Waals surface area (Å²) in [5, 5.41) is 13.0. The summed E-state index contributed by atoms with van der Waals surface area (Å²) < 4.78 is 3.90. The van der Waals surface area contributed by atoms with Crippen LogP contribution in [0.2, 0.25) is 0 Å². The lowest BCUT2D eigenvalue weighted by Crippen LogP contribution is -2.78. The van der Waals surface area contributed by atoms with Crippen LogP contribution in [0.25, 0.3) is 0 Å². The molecule has 2 saturated heterocycles. The third-order valence-electron chi connectivity index (χ3n) is 6.64. The van der Waals surface area contributed by atoms with E-state index >= 15 is 0 Å². The van der Waals surface area contributed by atoms with Crippen molar-refractivity contribution in [1.82, 2.24) is 9.80 Å². The number of anilines is 1. The zero-order valence-electron chi connectivity index (χ0n) is 19.2. The highest BCUT2D eigenvalue weighted by Crippen LogP contribution is 2.44. The Kier molecular flexibility index (Phi) is 8.07. The van der Waals surface area contributed by atoms with Gasteiger partial charge < -0.3 is 19.9 Å². The molecule has 1 aromatic carbocycles. The highest BCUT2D eigenvalue weighted by molar-refractivity contribution is 7.83. The fourth-order valence-electron chi connectivity index (χ4n) is 4.78. The number of hydrogen-bond acceptors (Lipinski definition) is 7. The van der Waals surface area contributed by atoms with Gasteiger partial charge in [0.15, 0.2) is 5.92 Å². The Bertz CT molecular complexity index is 850. The summed E-state index contributed by atoms with van der Waals surface area (Å²) >= 11 is 4.74. The van der Waals surface area contributed by atoms with Crippen LogP contribution in [0.1, 0.15) is 39.2 Å². The van der Waals surface area contributed by atoms with Gasteiger partial charge in [-0.2, -0.15) is 17.9 Å². The number of carbonyl (C=O) groups excluding carboxylic acids is 2. The number of nitrogens with one attached hydrogen (secondary N) is 1. The molecule has 4 atom stereocenters. The summed E-state index contributed by atoms with van der Waals surface area (Å²) in [5.41, 5.74) is 2.15. The van der Waals surface area contributed by atoms with Gasteiger partial charge in [-0.1, -0.05) is 12.1 Å². The van der Waals surface area contributed by atoms with Crippen LogP contribution in [0.5, 0.6) is 0 Å². The summed E-state index contributed by atoms with van der Waals surface area (Å²) in [6, 6.07) is 9.21. The van der Waals surface area contributed by atoms with Crippen LogP contribution in [-0.2, 0) is 20.7 Å². The lowest BCUT2D eigenvalue weighted by atomic mass is 9.74. The smallest absolute Gasteiger partial charge is 0.325 e. The predicted molar refractivity (Wildman–Crippen MR) is 128 cm³/mol. The summed E-state index contributed by atoms with van der Waals surface area (Å²) in [7, 11) is 0. The Morgan fingerprint density at radius 1 is 1.31 bits per heavy atom. The van der Waals surface area contributed by atoms with E-state index in [1.807, 2.05) is 32.0 Å². The molecule has 1 amide bonds. The van der Waals surface area contributed by atoms with Gasteiger partial charge in [-0.3, -0.25) is 9.59 Å². The molecule has 1 N–H and O–H groups in total. The Hall–Kier alpha value is -2.24. The van der Waals surface area contributed by atoms with Crippen LogP contribution in [0, 0.1) is 17.2 Å². The number of esters is 1. The number of β-lactam (4-membered cyclic amide) rings is 1.